The molecule has 2 aromatic carbocycles. The van der Waals surface area contributed by atoms with E-state index in [2.05, 4.69) is 31.7 Å². The number of anilines is 3. The van der Waals surface area contributed by atoms with Crippen LogP contribution in [0.4, 0.5) is 17.3 Å². The molecule has 0 aliphatic carbocycles. The van der Waals surface area contributed by atoms with E-state index in [1.54, 1.807) is 12.1 Å². The molecule has 0 fully saturated rings. The van der Waals surface area contributed by atoms with Crippen LogP contribution in [0.15, 0.2) is 54.9 Å². The number of nitrogen functional groups attached to an aromatic ring is 1. The number of nitrogens with zero attached hydrogens (tertiary/aromatic N) is 2. The molecule has 1 heterocycles. The third-order valence-corrected chi connectivity index (χ3v) is 4.52. The van der Waals surface area contributed by atoms with Gasteiger partial charge in [0.05, 0.1) is 11.4 Å². The largest absolute Gasteiger partial charge is 0.482 e. The van der Waals surface area contributed by atoms with Crippen LogP contribution in [0, 0.1) is 0 Å². The number of rotatable bonds is 9. The average molecular weight is 476 g/mol. The number of halogens is 2. The van der Waals surface area contributed by atoms with Crippen molar-refractivity contribution in [1.29, 1.82) is 0 Å². The average Bonchev–Trinajstić information content (AvgIpc) is 2.77. The Morgan fingerprint density at radius 3 is 2.25 bits per heavy atom. The zero-order chi connectivity index (χ0) is 22.9. The van der Waals surface area contributed by atoms with E-state index in [-0.39, 0.29) is 41.3 Å². The summed E-state index contributed by atoms with van der Waals surface area (Å²) in [6.45, 7) is -0.319. The Morgan fingerprint density at radius 2 is 1.59 bits per heavy atom. The zero-order valence-electron chi connectivity index (χ0n) is 16.6. The molecule has 0 saturated heterocycles. The highest BCUT2D eigenvalue weighted by Gasteiger charge is 2.11. The van der Waals surface area contributed by atoms with Gasteiger partial charge in [-0.15, -0.1) is 0 Å². The number of ether oxygens (including phenoxy) is 1. The summed E-state index contributed by atoms with van der Waals surface area (Å²) in [5, 5.41) is 0.733. The third-order valence-electron chi connectivity index (χ3n) is 3.98. The van der Waals surface area contributed by atoms with Crippen molar-refractivity contribution in [2.45, 2.75) is 6.42 Å². The summed E-state index contributed by atoms with van der Waals surface area (Å²) in [5.41, 5.74) is 17.1. The standard InChI is InChI=1S/C20H19Cl2N7O3/c21-13-6-7-15(14(22)9-13)32-10-17(31)27-29-20-18(23)19(24-11-25-20)28-26-16(30)8-12-4-2-1-3-5-12/h1-7,9,11H,8,10,23H2,(H,26,30)(H,27,31)(H2,24,25,28,29). The number of hydrazine groups is 2. The monoisotopic (exact) mass is 475 g/mol. The first-order valence-electron chi connectivity index (χ1n) is 9.24. The first-order chi connectivity index (χ1) is 15.4. The van der Waals surface area contributed by atoms with E-state index in [4.69, 9.17) is 33.7 Å². The Kier molecular flexibility index (Phi) is 7.90. The molecule has 3 aromatic rings. The van der Waals surface area contributed by atoms with Gasteiger partial charge in [-0.2, -0.15) is 0 Å². The smallest absolute Gasteiger partial charge is 0.276 e. The third kappa shape index (κ3) is 6.62. The molecule has 0 unspecified atom stereocenters. The fraction of sp³-hybridized carbons (Fsp3) is 0.100. The van der Waals surface area contributed by atoms with Gasteiger partial charge in [-0.25, -0.2) is 9.97 Å². The molecule has 6 N–H and O–H groups in total. The zero-order valence-corrected chi connectivity index (χ0v) is 18.1. The lowest BCUT2D eigenvalue weighted by atomic mass is 10.1. The van der Waals surface area contributed by atoms with Gasteiger partial charge in [0.15, 0.2) is 18.2 Å². The van der Waals surface area contributed by atoms with Gasteiger partial charge in [-0.05, 0) is 23.8 Å². The molecule has 0 aliphatic heterocycles. The summed E-state index contributed by atoms with van der Waals surface area (Å²) < 4.78 is 5.34. The van der Waals surface area contributed by atoms with Gasteiger partial charge in [0.2, 0.25) is 5.91 Å². The molecule has 2 amide bonds. The second kappa shape index (κ2) is 11.0. The minimum absolute atomic E-state index is 0.0782. The number of hydrogen-bond acceptors (Lipinski definition) is 8. The first-order valence-corrected chi connectivity index (χ1v) is 10.00. The molecule has 0 aliphatic rings. The first kappa shape index (κ1) is 22.9. The lowest BCUT2D eigenvalue weighted by Crippen LogP contribution is -2.35. The van der Waals surface area contributed by atoms with E-state index in [1.165, 1.54) is 12.4 Å². The van der Waals surface area contributed by atoms with Gasteiger partial charge in [0, 0.05) is 5.02 Å². The summed E-state index contributed by atoms with van der Waals surface area (Å²) in [5.74, 6) is -0.208. The SMILES string of the molecule is Nc1c(NNC(=O)COc2ccc(Cl)cc2Cl)ncnc1NNC(=O)Cc1ccccc1. The number of benzene rings is 2. The predicted molar refractivity (Wildman–Crippen MR) is 122 cm³/mol. The summed E-state index contributed by atoms with van der Waals surface area (Å²) in [6, 6.07) is 13.9. The number of carbonyl (C=O) groups is 2. The molecule has 3 rings (SSSR count). The van der Waals surface area contributed by atoms with E-state index >= 15 is 0 Å². The van der Waals surface area contributed by atoms with Crippen LogP contribution in [0.1, 0.15) is 5.56 Å². The minimum atomic E-state index is -0.514. The second-order valence-corrected chi connectivity index (χ2v) is 7.20. The molecular formula is C20H19Cl2N7O3. The quantitative estimate of drug-likeness (QED) is 0.297. The van der Waals surface area contributed by atoms with Crippen molar-refractivity contribution >= 4 is 52.3 Å². The summed E-state index contributed by atoms with van der Waals surface area (Å²) in [7, 11) is 0. The number of hydrogen-bond donors (Lipinski definition) is 5. The van der Waals surface area contributed by atoms with Gasteiger partial charge in [-0.3, -0.25) is 31.3 Å². The van der Waals surface area contributed by atoms with E-state index in [1.807, 2.05) is 30.3 Å². The highest BCUT2D eigenvalue weighted by molar-refractivity contribution is 6.35. The van der Waals surface area contributed by atoms with Crippen molar-refractivity contribution in [2.75, 3.05) is 23.2 Å². The molecule has 12 heteroatoms. The topological polar surface area (TPSA) is 143 Å². The van der Waals surface area contributed by atoms with Gasteiger partial charge in [0.1, 0.15) is 17.8 Å². The summed E-state index contributed by atoms with van der Waals surface area (Å²) in [4.78, 5) is 32.0. The number of amides is 2. The number of aromatic nitrogens is 2. The predicted octanol–water partition coefficient (Wildman–Crippen LogP) is 2.57. The summed E-state index contributed by atoms with van der Waals surface area (Å²) in [6.07, 6.45) is 1.39. The summed E-state index contributed by atoms with van der Waals surface area (Å²) >= 11 is 11.8. The molecule has 0 bridgehead atoms. The highest BCUT2D eigenvalue weighted by Crippen LogP contribution is 2.27. The maximum Gasteiger partial charge on any atom is 0.276 e. The van der Waals surface area contributed by atoms with Crippen LogP contribution < -0.4 is 32.2 Å². The lowest BCUT2D eigenvalue weighted by Gasteiger charge is -2.14. The van der Waals surface area contributed by atoms with E-state index in [9.17, 15) is 9.59 Å². The molecule has 10 nitrogen and oxygen atoms in total. The van der Waals surface area contributed by atoms with Crippen LogP contribution in [-0.4, -0.2) is 28.4 Å². The Balaban J connectivity index is 1.49. The molecule has 166 valence electrons. The minimum Gasteiger partial charge on any atom is -0.482 e. The number of nitrogens with two attached hydrogens (primary N) is 1. The molecule has 0 spiro atoms. The Bertz CT molecular complexity index is 1100. The fourth-order valence-electron chi connectivity index (χ4n) is 2.45. The molecule has 0 saturated carbocycles. The fourth-order valence-corrected chi connectivity index (χ4v) is 2.91. The van der Waals surface area contributed by atoms with Crippen LogP contribution in [-0.2, 0) is 16.0 Å². The van der Waals surface area contributed by atoms with E-state index < -0.39 is 5.91 Å². The second-order valence-electron chi connectivity index (χ2n) is 6.36. The van der Waals surface area contributed by atoms with Crippen LogP contribution in [0.5, 0.6) is 5.75 Å². The maximum atomic E-state index is 12.1. The van der Waals surface area contributed by atoms with Crippen LogP contribution in [0.3, 0.4) is 0 Å². The van der Waals surface area contributed by atoms with E-state index in [0.29, 0.717) is 10.8 Å². The van der Waals surface area contributed by atoms with Crippen molar-refractivity contribution in [3.05, 3.63) is 70.5 Å². The van der Waals surface area contributed by atoms with Crippen molar-refractivity contribution < 1.29 is 14.3 Å². The van der Waals surface area contributed by atoms with Crippen LogP contribution >= 0.6 is 23.2 Å². The molecule has 0 radical (unpaired) electrons. The Morgan fingerprint density at radius 1 is 0.938 bits per heavy atom. The molecule has 1 aromatic heterocycles. The Labute approximate surface area is 193 Å². The number of nitrogens with one attached hydrogen (secondary N) is 4. The molecule has 32 heavy (non-hydrogen) atoms. The highest BCUT2D eigenvalue weighted by atomic mass is 35.5. The van der Waals surface area contributed by atoms with Crippen molar-refractivity contribution in [1.82, 2.24) is 20.8 Å². The van der Waals surface area contributed by atoms with Crippen molar-refractivity contribution in [3.63, 3.8) is 0 Å². The van der Waals surface area contributed by atoms with Crippen molar-refractivity contribution in [2.24, 2.45) is 0 Å². The van der Waals surface area contributed by atoms with Crippen LogP contribution in [0.2, 0.25) is 10.0 Å². The van der Waals surface area contributed by atoms with Gasteiger partial charge >= 0.3 is 0 Å². The molecule has 0 atom stereocenters. The normalized spacial score (nSPS) is 10.2. The Hall–Kier alpha value is -3.76. The molecular weight excluding hydrogens is 457 g/mol. The van der Waals surface area contributed by atoms with Crippen LogP contribution in [0.25, 0.3) is 0 Å². The van der Waals surface area contributed by atoms with Gasteiger partial charge < -0.3 is 10.5 Å². The number of carbonyl (C=O) groups excluding carboxylic acids is 2. The van der Waals surface area contributed by atoms with Crippen molar-refractivity contribution in [3.8, 4) is 5.75 Å². The van der Waals surface area contributed by atoms with Gasteiger partial charge in [0.25, 0.3) is 5.91 Å². The maximum absolute atomic E-state index is 12.1. The van der Waals surface area contributed by atoms with E-state index in [0.717, 1.165) is 5.56 Å². The van der Waals surface area contributed by atoms with Gasteiger partial charge in [-0.1, -0.05) is 53.5 Å². The lowest BCUT2D eigenvalue weighted by molar-refractivity contribution is -0.122.